The first-order chi connectivity index (χ1) is 15.5. The van der Waals surface area contributed by atoms with Crippen molar-refractivity contribution in [3.05, 3.63) is 111 Å². The summed E-state index contributed by atoms with van der Waals surface area (Å²) in [6.45, 7) is 0. The minimum absolute atomic E-state index is 0.0165. The standard InChI is InChI=1S/C25H20ClN3O3/c26-17-7-4-15(5-8-17)24-21-3-1-2-20(21)22-14-16(6-13-23(22)28-24)25(30)27-18-9-11-19(12-10-18)29(31)32/h1-2,4-14,20-21,24,28H,3H2,(H,27,30)/t20-,21+,24-/m1/s1. The number of nitrogens with zero attached hydrogens (tertiary/aromatic N) is 1. The maximum atomic E-state index is 12.8. The van der Waals surface area contributed by atoms with Gasteiger partial charge in [-0.25, -0.2) is 0 Å². The Morgan fingerprint density at radius 1 is 1.06 bits per heavy atom. The van der Waals surface area contributed by atoms with Crippen molar-refractivity contribution in [1.29, 1.82) is 0 Å². The minimum atomic E-state index is -0.467. The first-order valence-electron chi connectivity index (χ1n) is 10.4. The second-order valence-corrected chi connectivity index (χ2v) is 8.52. The molecule has 7 heteroatoms. The molecule has 0 fully saturated rings. The van der Waals surface area contributed by atoms with Crippen molar-refractivity contribution >= 4 is 34.6 Å². The van der Waals surface area contributed by atoms with E-state index in [1.807, 2.05) is 24.3 Å². The predicted molar refractivity (Wildman–Crippen MR) is 125 cm³/mol. The Morgan fingerprint density at radius 2 is 1.81 bits per heavy atom. The van der Waals surface area contributed by atoms with Gasteiger partial charge in [0.1, 0.15) is 0 Å². The van der Waals surface area contributed by atoms with E-state index in [1.165, 1.54) is 29.8 Å². The summed E-state index contributed by atoms with van der Waals surface area (Å²) in [5, 5.41) is 18.0. The fourth-order valence-corrected chi connectivity index (χ4v) is 4.73. The molecule has 5 rings (SSSR count). The molecule has 3 atom stereocenters. The molecule has 1 aliphatic carbocycles. The first-order valence-corrected chi connectivity index (χ1v) is 10.8. The molecule has 160 valence electrons. The number of non-ortho nitro benzene ring substituents is 1. The summed E-state index contributed by atoms with van der Waals surface area (Å²) in [6, 6.07) is 19.6. The molecule has 0 unspecified atom stereocenters. The molecule has 0 aromatic heterocycles. The highest BCUT2D eigenvalue weighted by molar-refractivity contribution is 6.30. The van der Waals surface area contributed by atoms with E-state index in [1.54, 1.807) is 6.07 Å². The average Bonchev–Trinajstić information content (AvgIpc) is 3.29. The lowest BCUT2D eigenvalue weighted by molar-refractivity contribution is -0.384. The van der Waals surface area contributed by atoms with Crippen LogP contribution < -0.4 is 10.6 Å². The first kappa shape index (κ1) is 20.3. The van der Waals surface area contributed by atoms with Crippen molar-refractivity contribution in [2.24, 2.45) is 5.92 Å². The summed E-state index contributed by atoms with van der Waals surface area (Å²) >= 11 is 6.07. The maximum Gasteiger partial charge on any atom is 0.269 e. The summed E-state index contributed by atoms with van der Waals surface area (Å²) in [6.07, 6.45) is 5.40. The minimum Gasteiger partial charge on any atom is -0.378 e. The molecular weight excluding hydrogens is 426 g/mol. The second-order valence-electron chi connectivity index (χ2n) is 8.09. The molecule has 0 spiro atoms. The Labute approximate surface area is 190 Å². The number of nitro benzene ring substituents is 1. The summed E-state index contributed by atoms with van der Waals surface area (Å²) in [4.78, 5) is 23.2. The fraction of sp³-hybridized carbons (Fsp3) is 0.160. The highest BCUT2D eigenvalue weighted by atomic mass is 35.5. The van der Waals surface area contributed by atoms with Crippen molar-refractivity contribution in [3.8, 4) is 0 Å². The Balaban J connectivity index is 1.40. The maximum absolute atomic E-state index is 12.8. The van der Waals surface area contributed by atoms with Crippen LogP contribution in [0.3, 0.4) is 0 Å². The summed E-state index contributed by atoms with van der Waals surface area (Å²) in [7, 11) is 0. The number of hydrogen-bond donors (Lipinski definition) is 2. The van der Waals surface area contributed by atoms with Crippen molar-refractivity contribution < 1.29 is 9.72 Å². The van der Waals surface area contributed by atoms with Crippen LogP contribution in [0.5, 0.6) is 0 Å². The number of fused-ring (bicyclic) bond motifs is 3. The van der Waals surface area contributed by atoms with E-state index in [2.05, 4.69) is 34.9 Å². The van der Waals surface area contributed by atoms with Gasteiger partial charge in [0.2, 0.25) is 0 Å². The number of rotatable bonds is 4. The summed E-state index contributed by atoms with van der Waals surface area (Å²) < 4.78 is 0. The highest BCUT2D eigenvalue weighted by Gasteiger charge is 2.38. The number of halogens is 1. The lowest BCUT2D eigenvalue weighted by Gasteiger charge is -2.37. The molecule has 2 N–H and O–H groups in total. The van der Waals surface area contributed by atoms with Crippen molar-refractivity contribution in [2.45, 2.75) is 18.4 Å². The molecule has 1 amide bonds. The number of carbonyl (C=O) groups is 1. The lowest BCUT2D eigenvalue weighted by atomic mass is 9.76. The molecule has 0 bridgehead atoms. The third kappa shape index (κ3) is 3.74. The van der Waals surface area contributed by atoms with E-state index in [9.17, 15) is 14.9 Å². The van der Waals surface area contributed by atoms with Crippen LogP contribution in [0.2, 0.25) is 5.02 Å². The van der Waals surface area contributed by atoms with Gasteiger partial charge in [-0.15, -0.1) is 0 Å². The van der Waals surface area contributed by atoms with Crippen molar-refractivity contribution in [2.75, 3.05) is 10.6 Å². The van der Waals surface area contributed by atoms with E-state index in [-0.39, 0.29) is 23.6 Å². The van der Waals surface area contributed by atoms with Gasteiger partial charge in [0.05, 0.1) is 11.0 Å². The van der Waals surface area contributed by atoms with E-state index >= 15 is 0 Å². The van der Waals surface area contributed by atoms with E-state index in [0.717, 1.165) is 22.7 Å². The van der Waals surface area contributed by atoms with Gasteiger partial charge in [0.25, 0.3) is 11.6 Å². The number of amides is 1. The highest BCUT2D eigenvalue weighted by Crippen LogP contribution is 2.50. The van der Waals surface area contributed by atoms with Gasteiger partial charge in [-0.2, -0.15) is 0 Å². The topological polar surface area (TPSA) is 84.3 Å². The van der Waals surface area contributed by atoms with Crippen LogP contribution in [-0.2, 0) is 0 Å². The number of hydrogen-bond acceptors (Lipinski definition) is 4. The number of nitro groups is 1. The molecular formula is C25H20ClN3O3. The molecule has 1 aliphatic heterocycles. The van der Waals surface area contributed by atoms with Gasteiger partial charge < -0.3 is 10.6 Å². The zero-order chi connectivity index (χ0) is 22.2. The number of carbonyl (C=O) groups excluding carboxylic acids is 1. The van der Waals surface area contributed by atoms with E-state index < -0.39 is 4.92 Å². The molecule has 3 aromatic rings. The van der Waals surface area contributed by atoms with Crippen LogP contribution >= 0.6 is 11.6 Å². The quantitative estimate of drug-likeness (QED) is 0.279. The van der Waals surface area contributed by atoms with Crippen LogP contribution in [-0.4, -0.2) is 10.8 Å². The molecule has 0 saturated carbocycles. The third-order valence-corrected chi connectivity index (χ3v) is 6.44. The predicted octanol–water partition coefficient (Wildman–Crippen LogP) is 6.33. The summed E-state index contributed by atoms with van der Waals surface area (Å²) in [5.41, 5.74) is 4.36. The SMILES string of the molecule is O=C(Nc1ccc([N+](=O)[O-])cc1)c1ccc2c(c1)[C@@H]1C=CC[C@@H]1[C@@H](c1ccc(Cl)cc1)N2. The number of anilines is 2. The second kappa shape index (κ2) is 8.13. The van der Waals surface area contributed by atoms with E-state index in [4.69, 9.17) is 11.6 Å². The molecule has 3 aromatic carbocycles. The van der Waals surface area contributed by atoms with Crippen LogP contribution in [0.1, 0.15) is 39.9 Å². The number of nitrogens with one attached hydrogen (secondary N) is 2. The van der Waals surface area contributed by atoms with Crippen molar-refractivity contribution in [3.63, 3.8) is 0 Å². The molecule has 1 heterocycles. The Morgan fingerprint density at radius 3 is 2.53 bits per heavy atom. The molecule has 6 nitrogen and oxygen atoms in total. The molecule has 0 saturated heterocycles. The summed E-state index contributed by atoms with van der Waals surface area (Å²) in [5.74, 6) is 0.329. The number of benzene rings is 3. The zero-order valence-corrected chi connectivity index (χ0v) is 17.8. The average molecular weight is 446 g/mol. The lowest BCUT2D eigenvalue weighted by Crippen LogP contribution is -2.29. The van der Waals surface area contributed by atoms with Gasteiger partial charge in [0.15, 0.2) is 0 Å². The smallest absolute Gasteiger partial charge is 0.269 e. The third-order valence-electron chi connectivity index (χ3n) is 6.19. The van der Waals surface area contributed by atoms with Gasteiger partial charge in [-0.05, 0) is 65.9 Å². The van der Waals surface area contributed by atoms with E-state index in [0.29, 0.717) is 17.2 Å². The van der Waals surface area contributed by atoms with Crippen LogP contribution in [0.4, 0.5) is 17.1 Å². The number of allylic oxidation sites excluding steroid dienone is 2. The molecule has 32 heavy (non-hydrogen) atoms. The van der Waals surface area contributed by atoms with Gasteiger partial charge in [-0.1, -0.05) is 35.9 Å². The fourth-order valence-electron chi connectivity index (χ4n) is 4.61. The largest absolute Gasteiger partial charge is 0.378 e. The van der Waals surface area contributed by atoms with Crippen LogP contribution in [0.25, 0.3) is 0 Å². The Hall–Kier alpha value is -3.64. The van der Waals surface area contributed by atoms with Crippen LogP contribution in [0, 0.1) is 16.0 Å². The van der Waals surface area contributed by atoms with Gasteiger partial charge in [0, 0.05) is 40.0 Å². The van der Waals surface area contributed by atoms with Gasteiger partial charge >= 0.3 is 0 Å². The Kier molecular flexibility index (Phi) is 5.15. The Bertz CT molecular complexity index is 1220. The zero-order valence-electron chi connectivity index (χ0n) is 17.0. The van der Waals surface area contributed by atoms with Crippen LogP contribution in [0.15, 0.2) is 78.9 Å². The van der Waals surface area contributed by atoms with Crippen molar-refractivity contribution in [1.82, 2.24) is 0 Å². The molecule has 0 radical (unpaired) electrons. The van der Waals surface area contributed by atoms with Gasteiger partial charge in [-0.3, -0.25) is 14.9 Å². The monoisotopic (exact) mass is 445 g/mol. The normalized spacial score (nSPS) is 20.7. The molecule has 2 aliphatic rings.